The van der Waals surface area contributed by atoms with Crippen LogP contribution in [0, 0.1) is 6.92 Å². The minimum absolute atomic E-state index is 0.116. The maximum atomic E-state index is 6.40. The summed E-state index contributed by atoms with van der Waals surface area (Å²) in [5.74, 6) is 0. The second kappa shape index (κ2) is 6.06. The molecule has 1 heterocycles. The zero-order valence-electron chi connectivity index (χ0n) is 9.93. The summed E-state index contributed by atoms with van der Waals surface area (Å²) in [5, 5.41) is 4.16. The van der Waals surface area contributed by atoms with E-state index in [4.69, 9.17) is 11.6 Å². The number of halogens is 3. The molecule has 1 aromatic heterocycles. The lowest BCUT2D eigenvalue weighted by Crippen LogP contribution is -2.17. The molecule has 1 N–H and O–H groups in total. The topological polar surface area (TPSA) is 12.0 Å². The molecule has 18 heavy (non-hydrogen) atoms. The van der Waals surface area contributed by atoms with Gasteiger partial charge in [0, 0.05) is 14.4 Å². The molecule has 2 aromatic rings. The molecule has 1 atom stereocenters. The second-order valence-corrected chi connectivity index (χ2v) is 7.60. The molecule has 0 spiro atoms. The summed E-state index contributed by atoms with van der Waals surface area (Å²) in [7, 11) is 1.95. The van der Waals surface area contributed by atoms with E-state index in [9.17, 15) is 0 Å². The quantitative estimate of drug-likeness (QED) is 0.701. The Labute approximate surface area is 133 Å². The van der Waals surface area contributed by atoms with Gasteiger partial charge in [-0.25, -0.2) is 0 Å². The molecule has 0 radical (unpaired) electrons. The first-order valence-corrected chi connectivity index (χ1v) is 8.19. The smallest absolute Gasteiger partial charge is 0.0843 e. The molecule has 1 nitrogen and oxygen atoms in total. The van der Waals surface area contributed by atoms with Crippen LogP contribution in [0.25, 0.3) is 0 Å². The number of aryl methyl sites for hydroxylation is 1. The van der Waals surface area contributed by atoms with Crippen LogP contribution in [0.15, 0.2) is 32.5 Å². The first-order chi connectivity index (χ1) is 8.54. The molecular formula is C13H12Br2ClNS. The Morgan fingerprint density at radius 1 is 1.33 bits per heavy atom. The number of hydrogen-bond donors (Lipinski definition) is 1. The summed E-state index contributed by atoms with van der Waals surface area (Å²) in [6.45, 7) is 2.03. The average molecular weight is 410 g/mol. The highest BCUT2D eigenvalue weighted by Crippen LogP contribution is 2.39. The fraction of sp³-hybridized carbons (Fsp3) is 0.231. The Morgan fingerprint density at radius 3 is 2.61 bits per heavy atom. The molecule has 0 bridgehead atoms. The third kappa shape index (κ3) is 2.83. The summed E-state index contributed by atoms with van der Waals surface area (Å²) >= 11 is 15.2. The molecule has 0 amide bonds. The number of hydrogen-bond acceptors (Lipinski definition) is 2. The van der Waals surface area contributed by atoms with Gasteiger partial charge in [-0.15, -0.1) is 11.3 Å². The van der Waals surface area contributed by atoms with Gasteiger partial charge in [0.1, 0.15) is 0 Å². The lowest BCUT2D eigenvalue weighted by atomic mass is 10.0. The highest BCUT2D eigenvalue weighted by Gasteiger charge is 2.19. The van der Waals surface area contributed by atoms with Crippen molar-refractivity contribution in [1.29, 1.82) is 0 Å². The molecule has 0 aliphatic carbocycles. The predicted octanol–water partition coefficient (Wildman–Crippen LogP) is 5.54. The largest absolute Gasteiger partial charge is 0.309 e. The fourth-order valence-corrected chi connectivity index (χ4v) is 4.30. The summed E-state index contributed by atoms with van der Waals surface area (Å²) < 4.78 is 2.17. The van der Waals surface area contributed by atoms with Crippen LogP contribution in [0.2, 0.25) is 5.02 Å². The van der Waals surface area contributed by atoms with Crippen molar-refractivity contribution in [3.63, 3.8) is 0 Å². The summed E-state index contributed by atoms with van der Waals surface area (Å²) in [4.78, 5) is 1.23. The molecule has 5 heteroatoms. The van der Waals surface area contributed by atoms with Crippen LogP contribution >= 0.6 is 54.8 Å². The van der Waals surface area contributed by atoms with E-state index in [0.717, 1.165) is 24.4 Å². The standard InChI is InChI=1S/C13H12Br2ClNS/c1-7-4-3-5-8(11(7)16)12(17-2)10-6-9(14)13(15)18-10/h3-6,12,17H,1-2H3. The van der Waals surface area contributed by atoms with Crippen LogP contribution in [0.3, 0.4) is 0 Å². The van der Waals surface area contributed by atoms with Gasteiger partial charge in [-0.3, -0.25) is 0 Å². The van der Waals surface area contributed by atoms with Crippen LogP contribution in [0.1, 0.15) is 22.0 Å². The van der Waals surface area contributed by atoms with Gasteiger partial charge in [-0.2, -0.15) is 0 Å². The number of nitrogens with one attached hydrogen (secondary N) is 1. The van der Waals surface area contributed by atoms with Gasteiger partial charge < -0.3 is 5.32 Å². The van der Waals surface area contributed by atoms with Gasteiger partial charge in [0.05, 0.1) is 9.83 Å². The molecule has 2 rings (SSSR count). The second-order valence-electron chi connectivity index (χ2n) is 3.97. The molecule has 0 aliphatic rings. The molecular weight excluding hydrogens is 397 g/mol. The Morgan fingerprint density at radius 2 is 2.06 bits per heavy atom. The monoisotopic (exact) mass is 407 g/mol. The van der Waals surface area contributed by atoms with E-state index in [1.54, 1.807) is 11.3 Å². The summed E-state index contributed by atoms with van der Waals surface area (Å²) in [6, 6.07) is 8.37. The highest BCUT2D eigenvalue weighted by atomic mass is 79.9. The van der Waals surface area contributed by atoms with Crippen molar-refractivity contribution in [1.82, 2.24) is 5.32 Å². The Balaban J connectivity index is 2.48. The van der Waals surface area contributed by atoms with Gasteiger partial charge in [0.15, 0.2) is 0 Å². The minimum Gasteiger partial charge on any atom is -0.309 e. The van der Waals surface area contributed by atoms with E-state index in [1.807, 2.05) is 26.1 Å². The van der Waals surface area contributed by atoms with E-state index in [1.165, 1.54) is 4.88 Å². The SMILES string of the molecule is CNC(c1cc(Br)c(Br)s1)c1cccc(C)c1Cl. The highest BCUT2D eigenvalue weighted by molar-refractivity contribution is 9.13. The molecule has 1 aromatic carbocycles. The van der Waals surface area contributed by atoms with Crippen LogP contribution < -0.4 is 5.32 Å². The Hall–Kier alpha value is 0.130. The van der Waals surface area contributed by atoms with Crippen molar-refractivity contribution in [2.24, 2.45) is 0 Å². The third-order valence-corrected chi connectivity index (χ3v) is 6.61. The Kier molecular flexibility index (Phi) is 4.89. The zero-order chi connectivity index (χ0) is 13.3. The summed E-state index contributed by atoms with van der Waals surface area (Å²) in [5.41, 5.74) is 2.21. The maximum absolute atomic E-state index is 6.40. The van der Waals surface area contributed by atoms with Crippen LogP contribution in [0.4, 0.5) is 0 Å². The van der Waals surface area contributed by atoms with Gasteiger partial charge in [0.25, 0.3) is 0 Å². The van der Waals surface area contributed by atoms with Crippen molar-refractivity contribution in [3.05, 3.63) is 53.6 Å². The number of benzene rings is 1. The van der Waals surface area contributed by atoms with Crippen LogP contribution in [-0.2, 0) is 0 Å². The third-order valence-electron chi connectivity index (χ3n) is 2.77. The zero-order valence-corrected chi connectivity index (χ0v) is 14.7. The van der Waals surface area contributed by atoms with Crippen molar-refractivity contribution in [3.8, 4) is 0 Å². The van der Waals surface area contributed by atoms with E-state index < -0.39 is 0 Å². The van der Waals surface area contributed by atoms with E-state index in [-0.39, 0.29) is 6.04 Å². The minimum atomic E-state index is 0.116. The first-order valence-electron chi connectivity index (χ1n) is 5.41. The molecule has 96 valence electrons. The number of rotatable bonds is 3. The average Bonchev–Trinajstić information content (AvgIpc) is 2.66. The molecule has 1 unspecified atom stereocenters. The summed E-state index contributed by atoms with van der Waals surface area (Å²) in [6.07, 6.45) is 0. The van der Waals surface area contributed by atoms with Gasteiger partial charge in [-0.05, 0) is 63.0 Å². The van der Waals surface area contributed by atoms with Crippen molar-refractivity contribution in [2.45, 2.75) is 13.0 Å². The Bertz CT molecular complexity index is 549. The van der Waals surface area contributed by atoms with E-state index >= 15 is 0 Å². The number of thiophene rings is 1. The van der Waals surface area contributed by atoms with Gasteiger partial charge >= 0.3 is 0 Å². The normalized spacial score (nSPS) is 12.7. The maximum Gasteiger partial charge on any atom is 0.0843 e. The van der Waals surface area contributed by atoms with Crippen LogP contribution in [0.5, 0.6) is 0 Å². The predicted molar refractivity (Wildman–Crippen MR) is 86.8 cm³/mol. The van der Waals surface area contributed by atoms with Crippen molar-refractivity contribution in [2.75, 3.05) is 7.05 Å². The van der Waals surface area contributed by atoms with E-state index in [2.05, 4.69) is 49.3 Å². The molecule has 0 saturated heterocycles. The van der Waals surface area contributed by atoms with Gasteiger partial charge in [0.2, 0.25) is 0 Å². The lowest BCUT2D eigenvalue weighted by Gasteiger charge is -2.17. The first kappa shape index (κ1) is 14.5. The van der Waals surface area contributed by atoms with Gasteiger partial charge in [-0.1, -0.05) is 29.8 Å². The molecule has 0 saturated carbocycles. The van der Waals surface area contributed by atoms with Crippen molar-refractivity contribution >= 4 is 54.8 Å². The molecule has 0 aliphatic heterocycles. The fourth-order valence-electron chi connectivity index (χ4n) is 1.85. The molecule has 0 fully saturated rings. The van der Waals surface area contributed by atoms with Crippen LogP contribution in [-0.4, -0.2) is 7.05 Å². The lowest BCUT2D eigenvalue weighted by molar-refractivity contribution is 0.703. The van der Waals surface area contributed by atoms with E-state index in [0.29, 0.717) is 0 Å². The van der Waals surface area contributed by atoms with Crippen molar-refractivity contribution < 1.29 is 0 Å².